The zero-order valence-electron chi connectivity index (χ0n) is 19.3. The van der Waals surface area contributed by atoms with E-state index in [1.165, 1.54) is 33.5 Å². The number of halogens is 1. The van der Waals surface area contributed by atoms with Crippen LogP contribution in [0.2, 0.25) is 0 Å². The van der Waals surface area contributed by atoms with Crippen LogP contribution < -0.4 is 14.2 Å². The molecule has 7 nitrogen and oxygen atoms in total. The summed E-state index contributed by atoms with van der Waals surface area (Å²) in [6.45, 7) is 1.62. The van der Waals surface area contributed by atoms with Crippen LogP contribution in [0, 0.1) is 5.92 Å². The van der Waals surface area contributed by atoms with Gasteiger partial charge in [0.2, 0.25) is 5.75 Å². The third-order valence-corrected chi connectivity index (χ3v) is 6.14. The van der Waals surface area contributed by atoms with E-state index in [9.17, 15) is 9.59 Å². The maximum absolute atomic E-state index is 13.1. The molecule has 0 bridgehead atoms. The molecule has 2 aromatic rings. The normalized spacial score (nSPS) is 20.6. The van der Waals surface area contributed by atoms with Crippen LogP contribution in [0.4, 0.5) is 0 Å². The van der Waals surface area contributed by atoms with Gasteiger partial charge >= 0.3 is 11.9 Å². The van der Waals surface area contributed by atoms with Crippen molar-refractivity contribution in [3.63, 3.8) is 0 Å². The van der Waals surface area contributed by atoms with E-state index in [0.717, 1.165) is 12.0 Å². The number of hydrogen-bond acceptors (Lipinski definition) is 7. The molecule has 33 heavy (non-hydrogen) atoms. The number of alkyl halides is 1. The maximum atomic E-state index is 13.1. The second-order valence-electron chi connectivity index (χ2n) is 7.94. The molecule has 3 atom stereocenters. The summed E-state index contributed by atoms with van der Waals surface area (Å²) in [5.41, 5.74) is -0.280. The summed E-state index contributed by atoms with van der Waals surface area (Å²) in [5, 5.41) is 0. The van der Waals surface area contributed by atoms with Gasteiger partial charge in [0.05, 0.1) is 32.8 Å². The lowest BCUT2D eigenvalue weighted by Crippen LogP contribution is -2.41. The van der Waals surface area contributed by atoms with Gasteiger partial charge in [0, 0.05) is 5.41 Å². The number of carbonyl (C=O) groups is 2. The van der Waals surface area contributed by atoms with Crippen LogP contribution in [0.5, 0.6) is 17.2 Å². The minimum Gasteiger partial charge on any atom is -0.493 e. The van der Waals surface area contributed by atoms with Crippen LogP contribution in [0.15, 0.2) is 42.5 Å². The molecule has 0 heterocycles. The van der Waals surface area contributed by atoms with Crippen molar-refractivity contribution >= 4 is 23.5 Å². The zero-order chi connectivity index (χ0) is 24.0. The Morgan fingerprint density at radius 3 is 2.24 bits per heavy atom. The molecule has 0 aliphatic heterocycles. The Bertz CT molecular complexity index is 951. The van der Waals surface area contributed by atoms with E-state index in [1.807, 2.05) is 30.3 Å². The number of methoxy groups -OCH3 is 3. The molecule has 0 aromatic heterocycles. The van der Waals surface area contributed by atoms with Gasteiger partial charge in [0.1, 0.15) is 6.61 Å². The third-order valence-electron chi connectivity index (χ3n) is 6.06. The highest BCUT2D eigenvalue weighted by molar-refractivity contribution is 6.20. The van der Waals surface area contributed by atoms with Crippen LogP contribution in [0.25, 0.3) is 0 Å². The maximum Gasteiger partial charge on any atom is 0.338 e. The molecule has 1 saturated carbocycles. The van der Waals surface area contributed by atoms with Gasteiger partial charge < -0.3 is 23.7 Å². The zero-order valence-corrected chi connectivity index (χ0v) is 20.0. The standard InChI is InChI=1S/C25H29ClO7/c1-16(26)33-24(28)19-11-8-12-25(19,18-9-6-5-7-10-18)15-32-23(27)17-13-20(29-2)22(31-4)21(14-17)30-3/h5-7,9-10,13-14,16,19H,8,11-12,15H2,1-4H3. The molecule has 3 unspecified atom stereocenters. The Morgan fingerprint density at radius 2 is 1.70 bits per heavy atom. The van der Waals surface area contributed by atoms with Crippen LogP contribution in [0.1, 0.15) is 42.1 Å². The molecule has 1 fully saturated rings. The molecule has 1 aliphatic carbocycles. The van der Waals surface area contributed by atoms with Crippen LogP contribution in [-0.4, -0.2) is 45.4 Å². The Balaban J connectivity index is 1.91. The van der Waals surface area contributed by atoms with Gasteiger partial charge in [-0.25, -0.2) is 4.79 Å². The van der Waals surface area contributed by atoms with Crippen molar-refractivity contribution < 1.29 is 33.3 Å². The van der Waals surface area contributed by atoms with Crippen molar-refractivity contribution in [3.8, 4) is 17.2 Å². The Hall–Kier alpha value is -2.93. The fourth-order valence-electron chi connectivity index (χ4n) is 4.51. The topological polar surface area (TPSA) is 80.3 Å². The first-order valence-corrected chi connectivity index (χ1v) is 11.2. The first-order valence-electron chi connectivity index (χ1n) is 10.7. The molecule has 0 spiro atoms. The first kappa shape index (κ1) is 24.7. The molecular weight excluding hydrogens is 448 g/mol. The van der Waals surface area contributed by atoms with Gasteiger partial charge in [-0.15, -0.1) is 0 Å². The Labute approximate surface area is 198 Å². The molecule has 0 radical (unpaired) electrons. The van der Waals surface area contributed by atoms with Gasteiger partial charge in [-0.3, -0.25) is 4.79 Å². The van der Waals surface area contributed by atoms with Crippen LogP contribution >= 0.6 is 11.6 Å². The summed E-state index contributed by atoms with van der Waals surface area (Å²) >= 11 is 5.92. The van der Waals surface area contributed by atoms with E-state index >= 15 is 0 Å². The summed E-state index contributed by atoms with van der Waals surface area (Å²) in [7, 11) is 4.44. The monoisotopic (exact) mass is 476 g/mol. The molecule has 0 saturated heterocycles. The minimum absolute atomic E-state index is 0.0168. The van der Waals surface area contributed by atoms with E-state index in [0.29, 0.717) is 30.1 Å². The molecule has 2 aromatic carbocycles. The summed E-state index contributed by atoms with van der Waals surface area (Å²) in [4.78, 5) is 26.0. The molecule has 1 aliphatic rings. The lowest BCUT2D eigenvalue weighted by atomic mass is 9.72. The predicted octanol–water partition coefficient (Wildman–Crippen LogP) is 4.74. The molecular formula is C25H29ClO7. The number of rotatable bonds is 9. The Morgan fingerprint density at radius 1 is 1.06 bits per heavy atom. The highest BCUT2D eigenvalue weighted by atomic mass is 35.5. The minimum atomic E-state index is -0.742. The average molecular weight is 477 g/mol. The number of ether oxygens (including phenoxy) is 5. The summed E-state index contributed by atoms with van der Waals surface area (Å²) in [6.07, 6.45) is 2.10. The van der Waals surface area contributed by atoms with Crippen molar-refractivity contribution in [2.75, 3.05) is 27.9 Å². The highest BCUT2D eigenvalue weighted by Gasteiger charge is 2.50. The third kappa shape index (κ3) is 5.19. The van der Waals surface area contributed by atoms with Gasteiger partial charge in [-0.2, -0.15) is 0 Å². The van der Waals surface area contributed by atoms with Crippen molar-refractivity contribution in [1.82, 2.24) is 0 Å². The van der Waals surface area contributed by atoms with Gasteiger partial charge in [-0.1, -0.05) is 48.4 Å². The van der Waals surface area contributed by atoms with Gasteiger partial charge in [0.25, 0.3) is 0 Å². The average Bonchev–Trinajstić information content (AvgIpc) is 3.27. The SMILES string of the molecule is COc1cc(C(=O)OCC2(c3ccccc3)CCCC2C(=O)OC(C)Cl)cc(OC)c1OC. The number of hydrogen-bond donors (Lipinski definition) is 0. The van der Waals surface area contributed by atoms with E-state index in [1.54, 1.807) is 6.92 Å². The summed E-state index contributed by atoms with van der Waals surface area (Å²) < 4.78 is 27.1. The first-order chi connectivity index (χ1) is 15.9. The molecule has 178 valence electrons. The quantitative estimate of drug-likeness (QED) is 0.382. The van der Waals surface area contributed by atoms with Crippen LogP contribution in [-0.2, 0) is 19.7 Å². The summed E-state index contributed by atoms with van der Waals surface area (Å²) in [6, 6.07) is 12.7. The molecule has 0 N–H and O–H groups in total. The predicted molar refractivity (Wildman–Crippen MR) is 123 cm³/mol. The van der Waals surface area contributed by atoms with Gasteiger partial charge in [-0.05, 0) is 37.5 Å². The second kappa shape index (κ2) is 10.8. The van der Waals surface area contributed by atoms with E-state index in [2.05, 4.69) is 0 Å². The van der Waals surface area contributed by atoms with E-state index in [4.69, 9.17) is 35.3 Å². The fraction of sp³-hybridized carbons (Fsp3) is 0.440. The van der Waals surface area contributed by atoms with Crippen molar-refractivity contribution in [2.24, 2.45) is 5.92 Å². The van der Waals surface area contributed by atoms with Crippen molar-refractivity contribution in [3.05, 3.63) is 53.6 Å². The fourth-order valence-corrected chi connectivity index (χ4v) is 4.59. The summed E-state index contributed by atoms with van der Waals surface area (Å²) in [5.74, 6) is -0.350. The smallest absolute Gasteiger partial charge is 0.338 e. The van der Waals surface area contributed by atoms with Crippen molar-refractivity contribution in [1.29, 1.82) is 0 Å². The molecule has 8 heteroatoms. The number of carbonyl (C=O) groups excluding carboxylic acids is 2. The second-order valence-corrected chi connectivity index (χ2v) is 8.55. The van der Waals surface area contributed by atoms with E-state index in [-0.39, 0.29) is 18.1 Å². The lowest BCUT2D eigenvalue weighted by Gasteiger charge is -2.34. The lowest BCUT2D eigenvalue weighted by molar-refractivity contribution is -0.152. The number of esters is 2. The largest absolute Gasteiger partial charge is 0.493 e. The Kier molecular flexibility index (Phi) is 8.08. The molecule has 0 amide bonds. The van der Waals surface area contributed by atoms with Crippen molar-refractivity contribution in [2.45, 2.75) is 37.2 Å². The molecule has 3 rings (SSSR count). The number of benzene rings is 2. The highest BCUT2D eigenvalue weighted by Crippen LogP contribution is 2.47. The van der Waals surface area contributed by atoms with Gasteiger partial charge in [0.15, 0.2) is 17.1 Å². The van der Waals surface area contributed by atoms with Crippen LogP contribution in [0.3, 0.4) is 0 Å². The van der Waals surface area contributed by atoms with E-state index < -0.39 is 22.9 Å².